The molecule has 2 unspecified atom stereocenters. The monoisotopic (exact) mass is 482 g/mol. The van der Waals surface area contributed by atoms with E-state index in [1.807, 2.05) is 0 Å². The number of carbonyl (C=O) groups excluding carboxylic acids is 1. The zero-order valence-corrected chi connectivity index (χ0v) is 18.8. The van der Waals surface area contributed by atoms with Gasteiger partial charge in [0.25, 0.3) is 13.4 Å². The number of rotatable bonds is 7. The van der Waals surface area contributed by atoms with Crippen LogP contribution in [0, 0.1) is 0 Å². The van der Waals surface area contributed by atoms with E-state index in [0.29, 0.717) is 31.9 Å². The van der Waals surface area contributed by atoms with Gasteiger partial charge in [0.2, 0.25) is 4.86 Å². The Morgan fingerprint density at radius 1 is 1.00 bits per heavy atom. The summed E-state index contributed by atoms with van der Waals surface area (Å²) in [6.07, 6.45) is -1.45. The van der Waals surface area contributed by atoms with Crippen LogP contribution in [-0.2, 0) is 27.9 Å². The van der Waals surface area contributed by atoms with Gasteiger partial charge in [-0.25, -0.2) is 4.67 Å². The van der Waals surface area contributed by atoms with E-state index in [4.69, 9.17) is 25.6 Å². The highest BCUT2D eigenvalue weighted by Gasteiger charge is 2.51. The van der Waals surface area contributed by atoms with Gasteiger partial charge in [0.15, 0.2) is 6.10 Å². The van der Waals surface area contributed by atoms with E-state index < -0.39 is 32.0 Å². The quantitative estimate of drug-likeness (QED) is 0.442. The van der Waals surface area contributed by atoms with Gasteiger partial charge >= 0.3 is 7.60 Å². The van der Waals surface area contributed by atoms with Gasteiger partial charge in [-0.2, -0.15) is 0 Å². The maximum atomic E-state index is 13.1. The van der Waals surface area contributed by atoms with Crippen LogP contribution >= 0.6 is 26.7 Å². The first-order valence-corrected chi connectivity index (χ1v) is 13.2. The molecular formula is C17H25ClN2O8P2. The molecule has 13 heteroatoms. The summed E-state index contributed by atoms with van der Waals surface area (Å²) in [5.74, 6) is -0.540. The van der Waals surface area contributed by atoms with Crippen molar-refractivity contribution in [3.8, 4) is 0 Å². The molecule has 2 aliphatic rings. The van der Waals surface area contributed by atoms with Crippen molar-refractivity contribution in [3.05, 3.63) is 35.9 Å². The van der Waals surface area contributed by atoms with Gasteiger partial charge in [0, 0.05) is 26.2 Å². The molecule has 0 saturated carbocycles. The maximum absolute atomic E-state index is 13.1. The number of hydrogen-bond donors (Lipinski definition) is 2. The standard InChI is InChI=1S/C17H25ClN2O8P2/c18-17(29(22,23)20-8-12-27-13-9-20)30(24,25)28-15(14-4-2-1-3-5-14)16(21)19-6-10-26-11-7-19/h1-5,15,17H,6-13H2,(H,22,23)(H,24,25)/t15-,17-/m0/s1. The van der Waals surface area contributed by atoms with Gasteiger partial charge in [0.1, 0.15) is 0 Å². The summed E-state index contributed by atoms with van der Waals surface area (Å²) in [6.45, 7) is 1.86. The van der Waals surface area contributed by atoms with Crippen LogP contribution in [0.25, 0.3) is 0 Å². The molecular weight excluding hydrogens is 458 g/mol. The fraction of sp³-hybridized carbons (Fsp3) is 0.588. The molecule has 0 spiro atoms. The molecule has 1 aromatic rings. The average Bonchev–Trinajstić information content (AvgIpc) is 2.78. The van der Waals surface area contributed by atoms with Crippen LogP contribution in [-0.4, -0.2) is 82.7 Å². The van der Waals surface area contributed by atoms with E-state index in [9.17, 15) is 23.7 Å². The Balaban J connectivity index is 1.83. The lowest BCUT2D eigenvalue weighted by molar-refractivity contribution is -0.143. The number of nitrogens with zero attached hydrogens (tertiary/aromatic N) is 2. The number of carbonyl (C=O) groups is 1. The van der Waals surface area contributed by atoms with Crippen molar-refractivity contribution in [3.63, 3.8) is 0 Å². The van der Waals surface area contributed by atoms with Crippen molar-refractivity contribution in [2.24, 2.45) is 0 Å². The first-order valence-electron chi connectivity index (χ1n) is 9.45. The molecule has 2 fully saturated rings. The Morgan fingerprint density at radius 3 is 2.10 bits per heavy atom. The number of benzene rings is 1. The molecule has 2 saturated heterocycles. The van der Waals surface area contributed by atoms with Gasteiger partial charge in [-0.1, -0.05) is 41.9 Å². The van der Waals surface area contributed by atoms with Crippen LogP contribution < -0.4 is 0 Å². The number of morpholine rings is 2. The highest BCUT2D eigenvalue weighted by Crippen LogP contribution is 2.69. The smallest absolute Gasteiger partial charge is 0.358 e. The van der Waals surface area contributed by atoms with Crippen LogP contribution in [0.1, 0.15) is 11.7 Å². The minimum absolute atomic E-state index is 0.0891. The van der Waals surface area contributed by atoms with Crippen molar-refractivity contribution in [2.75, 3.05) is 52.6 Å². The third-order valence-electron chi connectivity index (χ3n) is 4.85. The fourth-order valence-corrected chi connectivity index (χ4v) is 7.44. The highest BCUT2D eigenvalue weighted by atomic mass is 35.5. The lowest BCUT2D eigenvalue weighted by atomic mass is 10.1. The van der Waals surface area contributed by atoms with Gasteiger partial charge < -0.3 is 24.2 Å². The van der Waals surface area contributed by atoms with E-state index >= 15 is 0 Å². The minimum Gasteiger partial charge on any atom is -0.379 e. The Hall–Kier alpha value is -0.800. The summed E-state index contributed by atoms with van der Waals surface area (Å²) in [6, 6.07) is 8.19. The van der Waals surface area contributed by atoms with E-state index in [0.717, 1.165) is 4.67 Å². The highest BCUT2D eigenvalue weighted by molar-refractivity contribution is 7.75. The Kier molecular flexibility index (Phi) is 8.12. The molecule has 1 amide bonds. The van der Waals surface area contributed by atoms with E-state index in [1.54, 1.807) is 30.3 Å². The second-order valence-electron chi connectivity index (χ2n) is 6.86. The van der Waals surface area contributed by atoms with Gasteiger partial charge in [0.05, 0.1) is 26.4 Å². The molecule has 30 heavy (non-hydrogen) atoms. The van der Waals surface area contributed by atoms with Crippen molar-refractivity contribution in [1.82, 2.24) is 9.57 Å². The van der Waals surface area contributed by atoms with E-state index in [2.05, 4.69) is 0 Å². The Morgan fingerprint density at radius 2 is 1.53 bits per heavy atom. The summed E-state index contributed by atoms with van der Waals surface area (Å²) < 4.78 is 42.7. The molecule has 0 aliphatic carbocycles. The van der Waals surface area contributed by atoms with Crippen LogP contribution in [0.2, 0.25) is 0 Å². The number of amides is 1. The molecule has 2 heterocycles. The molecule has 0 aromatic heterocycles. The third kappa shape index (κ3) is 5.51. The third-order valence-corrected chi connectivity index (χ3v) is 10.9. The van der Waals surface area contributed by atoms with E-state index in [-0.39, 0.29) is 26.3 Å². The Labute approximate surface area is 179 Å². The molecule has 4 atom stereocenters. The minimum atomic E-state index is -4.91. The predicted molar refractivity (Wildman–Crippen MR) is 109 cm³/mol. The summed E-state index contributed by atoms with van der Waals surface area (Å²) in [5, 5.41) is 0. The number of ether oxygens (including phenoxy) is 2. The molecule has 10 nitrogen and oxygen atoms in total. The van der Waals surface area contributed by atoms with Crippen molar-refractivity contribution < 1.29 is 37.7 Å². The lowest BCUT2D eigenvalue weighted by Crippen LogP contribution is -2.43. The zero-order valence-electron chi connectivity index (χ0n) is 16.2. The second-order valence-corrected chi connectivity index (χ2v) is 12.4. The van der Waals surface area contributed by atoms with Gasteiger partial charge in [-0.05, 0) is 5.56 Å². The zero-order chi connectivity index (χ0) is 21.8. The van der Waals surface area contributed by atoms with Crippen LogP contribution in [0.5, 0.6) is 0 Å². The molecule has 0 radical (unpaired) electrons. The average molecular weight is 483 g/mol. The van der Waals surface area contributed by atoms with Crippen molar-refractivity contribution in [1.29, 1.82) is 0 Å². The largest absolute Gasteiger partial charge is 0.379 e. The summed E-state index contributed by atoms with van der Waals surface area (Å²) >= 11 is 6.04. The Bertz CT molecular complexity index is 817. The normalized spacial score (nSPS) is 24.4. The second kappa shape index (κ2) is 10.2. The van der Waals surface area contributed by atoms with Crippen LogP contribution in [0.15, 0.2) is 30.3 Å². The number of halogens is 1. The summed E-state index contributed by atoms with van der Waals surface area (Å²) in [5.41, 5.74) is 0.339. The summed E-state index contributed by atoms with van der Waals surface area (Å²) in [7, 11) is -9.36. The molecule has 1 aromatic carbocycles. The molecule has 0 bridgehead atoms. The first-order chi connectivity index (χ1) is 14.2. The van der Waals surface area contributed by atoms with Crippen molar-refractivity contribution in [2.45, 2.75) is 11.0 Å². The first kappa shape index (κ1) is 23.9. The topological polar surface area (TPSA) is 126 Å². The lowest BCUT2D eigenvalue weighted by Gasteiger charge is -2.35. The maximum Gasteiger partial charge on any atom is 0.358 e. The summed E-state index contributed by atoms with van der Waals surface area (Å²) in [4.78, 5) is 33.4. The predicted octanol–water partition coefficient (Wildman–Crippen LogP) is 1.83. The van der Waals surface area contributed by atoms with Crippen molar-refractivity contribution >= 4 is 32.6 Å². The van der Waals surface area contributed by atoms with Crippen LogP contribution in [0.4, 0.5) is 0 Å². The molecule has 3 rings (SSSR count). The fourth-order valence-electron chi connectivity index (χ4n) is 3.19. The molecule has 168 valence electrons. The van der Waals surface area contributed by atoms with E-state index in [1.165, 1.54) is 4.90 Å². The molecule has 2 N–H and O–H groups in total. The number of alkyl halides is 1. The molecule has 2 aliphatic heterocycles. The number of hydrogen-bond acceptors (Lipinski definition) is 6. The van der Waals surface area contributed by atoms with Gasteiger partial charge in [-0.15, -0.1) is 0 Å². The van der Waals surface area contributed by atoms with Crippen LogP contribution in [0.3, 0.4) is 0 Å². The van der Waals surface area contributed by atoms with Gasteiger partial charge in [-0.3, -0.25) is 18.4 Å². The SMILES string of the molecule is O=C([C@@H](OP(=O)(O)[C@@H](Cl)P(=O)(O)N1CCOCC1)c1ccccc1)N1CCOCC1.